The first kappa shape index (κ1) is 19.1. The minimum atomic E-state index is -0.530. The molecule has 0 spiro atoms. The van der Waals surface area contributed by atoms with Crippen LogP contribution in [-0.2, 0) is 9.47 Å². The predicted molar refractivity (Wildman–Crippen MR) is 95.7 cm³/mol. The van der Waals surface area contributed by atoms with Crippen LogP contribution < -0.4 is 16.4 Å². The van der Waals surface area contributed by atoms with E-state index in [-0.39, 0.29) is 29.8 Å². The highest BCUT2D eigenvalue weighted by atomic mass is 19.1. The summed E-state index contributed by atoms with van der Waals surface area (Å²) in [7, 11) is 2.86. The van der Waals surface area contributed by atoms with Crippen LogP contribution in [0.4, 0.5) is 20.7 Å². The number of urea groups is 1. The fraction of sp³-hybridized carbons (Fsp3) is 0.235. The fourth-order valence-corrected chi connectivity index (χ4v) is 2.23. The average Bonchev–Trinajstić information content (AvgIpc) is 2.61. The van der Waals surface area contributed by atoms with Gasteiger partial charge in [-0.15, -0.1) is 0 Å². The van der Waals surface area contributed by atoms with Crippen molar-refractivity contribution in [3.63, 3.8) is 0 Å². The molecule has 5 N–H and O–H groups in total. The molecule has 0 aliphatic rings. The van der Waals surface area contributed by atoms with Crippen LogP contribution >= 0.6 is 0 Å². The summed E-state index contributed by atoms with van der Waals surface area (Å²) in [6, 6.07) is 6.18. The van der Waals surface area contributed by atoms with Crippen molar-refractivity contribution in [3.05, 3.63) is 53.5 Å². The Morgan fingerprint density at radius 3 is 2.62 bits per heavy atom. The van der Waals surface area contributed by atoms with Crippen molar-refractivity contribution in [3.8, 4) is 0 Å². The number of pyridine rings is 1. The Balaban J connectivity index is 2.07. The van der Waals surface area contributed by atoms with E-state index in [1.165, 1.54) is 38.6 Å². The van der Waals surface area contributed by atoms with Crippen LogP contribution in [0.3, 0.4) is 0 Å². The number of nitrogen functional groups attached to an aromatic ring is 1. The molecule has 0 bridgehead atoms. The Morgan fingerprint density at radius 1 is 1.35 bits per heavy atom. The largest absolute Gasteiger partial charge is 0.481 e. The lowest BCUT2D eigenvalue weighted by Crippen LogP contribution is -2.35. The topological polar surface area (TPSA) is 122 Å². The second-order valence-corrected chi connectivity index (χ2v) is 5.35. The van der Waals surface area contributed by atoms with Crippen molar-refractivity contribution >= 4 is 23.4 Å². The lowest BCUT2D eigenvalue weighted by Gasteiger charge is -2.19. The van der Waals surface area contributed by atoms with Crippen LogP contribution in [0.5, 0.6) is 0 Å². The van der Waals surface area contributed by atoms with E-state index in [0.29, 0.717) is 11.1 Å². The summed E-state index contributed by atoms with van der Waals surface area (Å²) >= 11 is 0. The van der Waals surface area contributed by atoms with Gasteiger partial charge in [0.1, 0.15) is 11.6 Å². The molecule has 0 aliphatic carbocycles. The number of hydrogen-bond donors (Lipinski definition) is 4. The molecule has 26 heavy (non-hydrogen) atoms. The van der Waals surface area contributed by atoms with Gasteiger partial charge in [-0.05, 0) is 17.7 Å². The molecule has 2 rings (SSSR count). The molecule has 1 heterocycles. The third-order valence-electron chi connectivity index (χ3n) is 3.54. The van der Waals surface area contributed by atoms with E-state index in [1.54, 1.807) is 12.1 Å². The molecule has 138 valence electrons. The number of carbonyl (C=O) groups is 1. The van der Waals surface area contributed by atoms with E-state index in [1.807, 2.05) is 0 Å². The highest BCUT2D eigenvalue weighted by Gasteiger charge is 2.16. The number of rotatable bonds is 6. The van der Waals surface area contributed by atoms with Gasteiger partial charge >= 0.3 is 6.03 Å². The lowest BCUT2D eigenvalue weighted by molar-refractivity contribution is 0.168. The van der Waals surface area contributed by atoms with Crippen LogP contribution in [0.2, 0.25) is 0 Å². The van der Waals surface area contributed by atoms with Crippen molar-refractivity contribution in [1.82, 2.24) is 10.3 Å². The second-order valence-electron chi connectivity index (χ2n) is 5.35. The van der Waals surface area contributed by atoms with Gasteiger partial charge in [-0.1, -0.05) is 12.1 Å². The maximum Gasteiger partial charge on any atom is 0.320 e. The number of ether oxygens (including phenoxy) is 2. The number of methoxy groups -OCH3 is 2. The molecular formula is C17H20FN5O3. The molecule has 0 aliphatic heterocycles. The number of aromatic nitrogens is 1. The maximum absolute atomic E-state index is 13.1. The molecule has 0 fully saturated rings. The van der Waals surface area contributed by atoms with E-state index in [4.69, 9.17) is 20.6 Å². The first-order valence-electron chi connectivity index (χ1n) is 7.65. The SMILES string of the molecule is COCC(NC(=O)Nc1cc(N)c(C(=N)OC)cn1)c1ccc(F)cc1. The minimum Gasteiger partial charge on any atom is -0.481 e. The zero-order chi connectivity index (χ0) is 19.1. The fourth-order valence-electron chi connectivity index (χ4n) is 2.23. The first-order chi connectivity index (χ1) is 12.4. The van der Waals surface area contributed by atoms with Crippen LogP contribution in [0.1, 0.15) is 17.2 Å². The second kappa shape index (κ2) is 8.77. The van der Waals surface area contributed by atoms with Crippen molar-refractivity contribution in [1.29, 1.82) is 5.41 Å². The van der Waals surface area contributed by atoms with Crippen LogP contribution in [0.15, 0.2) is 36.5 Å². The molecule has 1 atom stereocenters. The molecule has 8 nitrogen and oxygen atoms in total. The van der Waals surface area contributed by atoms with Gasteiger partial charge in [-0.25, -0.2) is 14.2 Å². The van der Waals surface area contributed by atoms with Crippen molar-refractivity contribution in [2.24, 2.45) is 0 Å². The molecule has 0 radical (unpaired) electrons. The number of halogens is 1. The van der Waals surface area contributed by atoms with Gasteiger partial charge in [-0.2, -0.15) is 0 Å². The number of nitrogens with two attached hydrogens (primary N) is 1. The molecule has 1 unspecified atom stereocenters. The number of amides is 2. The van der Waals surface area contributed by atoms with Crippen LogP contribution in [0.25, 0.3) is 0 Å². The summed E-state index contributed by atoms with van der Waals surface area (Å²) < 4.78 is 23.0. The van der Waals surface area contributed by atoms with Gasteiger partial charge in [0.2, 0.25) is 5.90 Å². The van der Waals surface area contributed by atoms with E-state index in [9.17, 15) is 9.18 Å². The molecular weight excluding hydrogens is 341 g/mol. The lowest BCUT2D eigenvalue weighted by atomic mass is 10.1. The van der Waals surface area contributed by atoms with Crippen molar-refractivity contribution < 1.29 is 18.7 Å². The van der Waals surface area contributed by atoms with Crippen LogP contribution in [-0.4, -0.2) is 37.7 Å². The summed E-state index contributed by atoms with van der Waals surface area (Å²) in [6.45, 7) is 0.207. The number of carbonyl (C=O) groups excluding carboxylic acids is 1. The number of hydrogen-bond acceptors (Lipinski definition) is 6. The quantitative estimate of drug-likeness (QED) is 0.464. The van der Waals surface area contributed by atoms with Gasteiger partial charge in [0, 0.05) is 25.1 Å². The third kappa shape index (κ3) is 4.90. The summed E-state index contributed by atoms with van der Waals surface area (Å²) in [6.07, 6.45) is 1.34. The molecule has 0 saturated heterocycles. The smallest absolute Gasteiger partial charge is 0.320 e. The molecule has 9 heteroatoms. The van der Waals surface area contributed by atoms with E-state index in [0.717, 1.165) is 0 Å². The molecule has 2 aromatic rings. The number of nitrogens with zero attached hydrogens (tertiary/aromatic N) is 1. The monoisotopic (exact) mass is 361 g/mol. The summed E-state index contributed by atoms with van der Waals surface area (Å²) in [5.74, 6) is -0.277. The Kier molecular flexibility index (Phi) is 6.45. The normalized spacial score (nSPS) is 11.5. The highest BCUT2D eigenvalue weighted by Crippen LogP contribution is 2.17. The third-order valence-corrected chi connectivity index (χ3v) is 3.54. The summed E-state index contributed by atoms with van der Waals surface area (Å²) in [5, 5.41) is 12.9. The highest BCUT2D eigenvalue weighted by molar-refractivity contribution is 5.97. The zero-order valence-corrected chi connectivity index (χ0v) is 14.4. The Labute approximate surface area is 150 Å². The molecule has 1 aromatic carbocycles. The summed E-state index contributed by atoms with van der Waals surface area (Å²) in [4.78, 5) is 16.3. The van der Waals surface area contributed by atoms with Crippen molar-refractivity contribution in [2.75, 3.05) is 31.9 Å². The van der Waals surface area contributed by atoms with Gasteiger partial charge in [-0.3, -0.25) is 10.7 Å². The average molecular weight is 361 g/mol. The van der Waals surface area contributed by atoms with Gasteiger partial charge in [0.15, 0.2) is 0 Å². The molecule has 2 amide bonds. The number of benzene rings is 1. The van der Waals surface area contributed by atoms with Crippen molar-refractivity contribution in [2.45, 2.75) is 6.04 Å². The first-order valence-corrected chi connectivity index (χ1v) is 7.65. The summed E-state index contributed by atoms with van der Waals surface area (Å²) in [5.41, 5.74) is 7.10. The Hall–Kier alpha value is -3.20. The number of nitrogens with one attached hydrogen (secondary N) is 3. The minimum absolute atomic E-state index is 0.123. The van der Waals surface area contributed by atoms with E-state index >= 15 is 0 Å². The standard InChI is InChI=1S/C17H20FN5O3/c1-25-9-14(10-3-5-11(18)6-4-10)22-17(24)23-15-7-13(19)12(8-21-15)16(20)26-2/h3-8,14,20H,9H2,1-2H3,(H4,19,21,22,23,24). The Bertz CT molecular complexity index is 782. The molecule has 1 aromatic heterocycles. The van der Waals surface area contributed by atoms with Gasteiger partial charge in [0.05, 0.1) is 25.3 Å². The maximum atomic E-state index is 13.1. The Morgan fingerprint density at radius 2 is 2.04 bits per heavy atom. The van der Waals surface area contributed by atoms with Gasteiger partial charge < -0.3 is 20.5 Å². The van der Waals surface area contributed by atoms with Gasteiger partial charge in [0.25, 0.3) is 0 Å². The number of anilines is 2. The molecule has 0 saturated carbocycles. The predicted octanol–water partition coefficient (Wildman–Crippen LogP) is 2.28. The van der Waals surface area contributed by atoms with E-state index < -0.39 is 12.1 Å². The zero-order valence-electron chi connectivity index (χ0n) is 14.4. The van der Waals surface area contributed by atoms with Crippen LogP contribution in [0, 0.1) is 11.2 Å². The van der Waals surface area contributed by atoms with E-state index in [2.05, 4.69) is 15.6 Å².